The highest BCUT2D eigenvalue weighted by Crippen LogP contribution is 1.90. The lowest BCUT2D eigenvalue weighted by Gasteiger charge is -2.13. The van der Waals surface area contributed by atoms with Crippen molar-refractivity contribution < 1.29 is 14.4 Å². The van der Waals surface area contributed by atoms with Crippen LogP contribution >= 0.6 is 12.6 Å². The molecule has 0 spiro atoms. The zero-order valence-corrected chi connectivity index (χ0v) is 8.37. The van der Waals surface area contributed by atoms with E-state index in [-0.39, 0.29) is 12.2 Å². The van der Waals surface area contributed by atoms with E-state index < -0.39 is 23.9 Å². The van der Waals surface area contributed by atoms with E-state index in [1.54, 1.807) is 0 Å². The summed E-state index contributed by atoms with van der Waals surface area (Å²) in [6, 6.07) is -1.71. The highest BCUT2D eigenvalue weighted by molar-refractivity contribution is 7.80. The van der Waals surface area contributed by atoms with E-state index in [0.29, 0.717) is 6.29 Å². The van der Waals surface area contributed by atoms with Gasteiger partial charge in [-0.2, -0.15) is 12.6 Å². The van der Waals surface area contributed by atoms with Gasteiger partial charge in [-0.15, -0.1) is 0 Å². The Morgan fingerprint density at radius 1 is 1.50 bits per heavy atom. The lowest BCUT2D eigenvalue weighted by atomic mass is 10.2. The number of hydrogen-bond donors (Lipinski definition) is 4. The van der Waals surface area contributed by atoms with Crippen molar-refractivity contribution >= 4 is 30.7 Å². The molecule has 2 amide bonds. The Morgan fingerprint density at radius 2 is 2.07 bits per heavy atom. The van der Waals surface area contributed by atoms with Crippen molar-refractivity contribution in [1.29, 1.82) is 0 Å². The molecule has 6 nitrogen and oxygen atoms in total. The van der Waals surface area contributed by atoms with Gasteiger partial charge < -0.3 is 21.6 Å². The van der Waals surface area contributed by atoms with Gasteiger partial charge in [-0.3, -0.25) is 9.59 Å². The lowest BCUT2D eigenvalue weighted by Crippen LogP contribution is -2.48. The average molecular weight is 219 g/mol. The molecule has 0 bridgehead atoms. The standard InChI is InChI=1S/C7H13N3O3S/c8-5(3-14)7(13)10-4(2-11)1-6(9)12/h2,4-5,14H,1,3,8H2,(H2,9,12)(H,10,13)/t4-,5-/m0/s1. The number of rotatable bonds is 6. The Bertz CT molecular complexity index is 234. The fourth-order valence-electron chi connectivity index (χ4n) is 0.723. The number of hydrogen-bond acceptors (Lipinski definition) is 5. The van der Waals surface area contributed by atoms with Crippen molar-refractivity contribution in [3.05, 3.63) is 0 Å². The van der Waals surface area contributed by atoms with Crippen LogP contribution in [0.25, 0.3) is 0 Å². The van der Waals surface area contributed by atoms with Gasteiger partial charge in [0.1, 0.15) is 6.29 Å². The Labute approximate surface area is 86.8 Å². The molecule has 0 rings (SSSR count). The van der Waals surface area contributed by atoms with Gasteiger partial charge >= 0.3 is 0 Å². The highest BCUT2D eigenvalue weighted by Gasteiger charge is 2.17. The molecular formula is C7H13N3O3S. The quantitative estimate of drug-likeness (QED) is 0.300. The molecule has 0 fully saturated rings. The first-order valence-corrected chi connectivity index (χ1v) is 4.55. The summed E-state index contributed by atoms with van der Waals surface area (Å²) in [5.41, 5.74) is 10.2. The smallest absolute Gasteiger partial charge is 0.238 e. The van der Waals surface area contributed by atoms with E-state index in [0.717, 1.165) is 0 Å². The fourth-order valence-corrected chi connectivity index (χ4v) is 0.888. The first-order chi connectivity index (χ1) is 6.51. The molecule has 0 aromatic rings. The zero-order valence-electron chi connectivity index (χ0n) is 7.47. The van der Waals surface area contributed by atoms with Crippen molar-refractivity contribution in [1.82, 2.24) is 5.32 Å². The number of primary amides is 1. The van der Waals surface area contributed by atoms with Gasteiger partial charge in [0, 0.05) is 5.75 Å². The van der Waals surface area contributed by atoms with Gasteiger partial charge in [-0.25, -0.2) is 0 Å². The third-order valence-electron chi connectivity index (χ3n) is 1.45. The van der Waals surface area contributed by atoms with E-state index in [9.17, 15) is 14.4 Å². The fraction of sp³-hybridized carbons (Fsp3) is 0.571. The predicted octanol–water partition coefficient (Wildman–Crippen LogP) is -2.20. The molecule has 14 heavy (non-hydrogen) atoms. The molecule has 80 valence electrons. The first kappa shape index (κ1) is 12.9. The van der Waals surface area contributed by atoms with Gasteiger partial charge in [-0.1, -0.05) is 0 Å². The third-order valence-corrected chi connectivity index (χ3v) is 1.84. The number of nitrogens with two attached hydrogens (primary N) is 2. The van der Waals surface area contributed by atoms with Crippen LogP contribution in [-0.4, -0.2) is 35.9 Å². The van der Waals surface area contributed by atoms with E-state index in [1.807, 2.05) is 0 Å². The van der Waals surface area contributed by atoms with E-state index in [2.05, 4.69) is 17.9 Å². The van der Waals surface area contributed by atoms with Gasteiger partial charge in [0.2, 0.25) is 11.8 Å². The Balaban J connectivity index is 4.11. The molecule has 0 aliphatic rings. The summed E-state index contributed by atoms with van der Waals surface area (Å²) in [7, 11) is 0. The van der Waals surface area contributed by atoms with E-state index in [4.69, 9.17) is 11.5 Å². The number of thiol groups is 1. The second-order valence-electron chi connectivity index (χ2n) is 2.71. The Hall–Kier alpha value is -1.08. The maximum atomic E-state index is 11.1. The summed E-state index contributed by atoms with van der Waals surface area (Å²) in [4.78, 5) is 32.0. The largest absolute Gasteiger partial charge is 0.370 e. The molecule has 5 N–H and O–H groups in total. The monoisotopic (exact) mass is 219 g/mol. The number of nitrogens with one attached hydrogen (secondary N) is 1. The van der Waals surface area contributed by atoms with Gasteiger partial charge in [0.15, 0.2) is 0 Å². The van der Waals surface area contributed by atoms with Crippen LogP contribution in [-0.2, 0) is 14.4 Å². The maximum absolute atomic E-state index is 11.1. The number of aldehydes is 1. The second-order valence-corrected chi connectivity index (χ2v) is 3.08. The molecule has 0 aromatic heterocycles. The second kappa shape index (κ2) is 6.39. The average Bonchev–Trinajstić information content (AvgIpc) is 2.14. The van der Waals surface area contributed by atoms with Crippen molar-refractivity contribution in [3.63, 3.8) is 0 Å². The third kappa shape index (κ3) is 4.83. The topological polar surface area (TPSA) is 115 Å². The minimum Gasteiger partial charge on any atom is -0.370 e. The summed E-state index contributed by atoms with van der Waals surface area (Å²) in [6.07, 6.45) is 0.211. The molecule has 0 saturated heterocycles. The Morgan fingerprint density at radius 3 is 2.43 bits per heavy atom. The SMILES string of the molecule is NC(=O)C[C@@H](C=O)NC(=O)[C@@H](N)CS. The van der Waals surface area contributed by atoms with E-state index >= 15 is 0 Å². The van der Waals surface area contributed by atoms with Crippen LogP contribution in [0, 0.1) is 0 Å². The van der Waals surface area contributed by atoms with Crippen molar-refractivity contribution in [2.45, 2.75) is 18.5 Å². The van der Waals surface area contributed by atoms with Crippen LogP contribution in [0.15, 0.2) is 0 Å². The highest BCUT2D eigenvalue weighted by atomic mass is 32.1. The molecule has 2 atom stereocenters. The van der Waals surface area contributed by atoms with Gasteiger partial charge in [0.25, 0.3) is 0 Å². The molecule has 0 radical (unpaired) electrons. The molecular weight excluding hydrogens is 206 g/mol. The van der Waals surface area contributed by atoms with Crippen molar-refractivity contribution in [3.8, 4) is 0 Å². The van der Waals surface area contributed by atoms with Crippen LogP contribution in [0.2, 0.25) is 0 Å². The van der Waals surface area contributed by atoms with Crippen LogP contribution < -0.4 is 16.8 Å². The first-order valence-electron chi connectivity index (χ1n) is 3.91. The van der Waals surface area contributed by atoms with E-state index in [1.165, 1.54) is 0 Å². The molecule has 0 heterocycles. The van der Waals surface area contributed by atoms with Crippen LogP contribution in [0.4, 0.5) is 0 Å². The predicted molar refractivity (Wildman–Crippen MR) is 53.6 cm³/mol. The van der Waals surface area contributed by atoms with Crippen molar-refractivity contribution in [2.75, 3.05) is 5.75 Å². The number of amides is 2. The minimum atomic E-state index is -0.911. The van der Waals surface area contributed by atoms with Crippen LogP contribution in [0.5, 0.6) is 0 Å². The summed E-state index contributed by atoms with van der Waals surface area (Å²) in [6.45, 7) is 0. The maximum Gasteiger partial charge on any atom is 0.238 e. The molecule has 0 aromatic carbocycles. The molecule has 0 unspecified atom stereocenters. The summed E-state index contributed by atoms with van der Waals surface area (Å²) in [5, 5.41) is 2.27. The minimum absolute atomic E-state index is 0.161. The van der Waals surface area contributed by atoms with Gasteiger partial charge in [-0.05, 0) is 0 Å². The number of carbonyl (C=O) groups is 3. The number of carbonyl (C=O) groups excluding carboxylic acids is 3. The Kier molecular flexibility index (Phi) is 5.89. The normalized spacial score (nSPS) is 14.1. The summed E-state index contributed by atoms with van der Waals surface area (Å²) in [5.74, 6) is -1.03. The molecule has 0 aliphatic heterocycles. The van der Waals surface area contributed by atoms with Crippen LogP contribution in [0.3, 0.4) is 0 Å². The molecule has 7 heteroatoms. The lowest BCUT2D eigenvalue weighted by molar-refractivity contribution is -0.126. The molecule has 0 saturated carbocycles. The summed E-state index contributed by atoms with van der Waals surface area (Å²) < 4.78 is 0. The van der Waals surface area contributed by atoms with Crippen LogP contribution in [0.1, 0.15) is 6.42 Å². The van der Waals surface area contributed by atoms with Crippen molar-refractivity contribution in [2.24, 2.45) is 11.5 Å². The summed E-state index contributed by atoms with van der Waals surface area (Å²) >= 11 is 3.81. The van der Waals surface area contributed by atoms with Gasteiger partial charge in [0.05, 0.1) is 18.5 Å². The molecule has 0 aliphatic carbocycles. The zero-order chi connectivity index (χ0) is 11.1.